The third-order valence-electron chi connectivity index (χ3n) is 26.6. The summed E-state index contributed by atoms with van der Waals surface area (Å²) in [7, 11) is 4.14. The summed E-state index contributed by atoms with van der Waals surface area (Å²) in [6.07, 6.45) is -20.4. The van der Waals surface area contributed by atoms with Crippen LogP contribution in [0.15, 0.2) is 0 Å². The van der Waals surface area contributed by atoms with Gasteiger partial charge < -0.3 is 56.4 Å². The maximum Gasteiger partial charge on any atom is 0.426 e. The molecule has 10 bridgehead atoms. The van der Waals surface area contributed by atoms with E-state index in [0.717, 1.165) is 103 Å². The van der Waals surface area contributed by atoms with Crippen molar-refractivity contribution in [1.29, 1.82) is 0 Å². The average Bonchev–Trinajstić information content (AvgIpc) is 1.08. The van der Waals surface area contributed by atoms with Gasteiger partial charge in [0, 0.05) is 48.8 Å². The van der Waals surface area contributed by atoms with Crippen molar-refractivity contribution >= 4 is 43.0 Å². The Morgan fingerprint density at radius 3 is 0.785 bits per heavy atom. The first-order valence-corrected chi connectivity index (χ1v) is 59.2. The number of rotatable bonds is 19. The fraction of sp³-hybridized carbons (Fsp3) is 1.00. The first kappa shape index (κ1) is 144. The summed E-state index contributed by atoms with van der Waals surface area (Å²) in [6, 6.07) is 0. The van der Waals surface area contributed by atoms with Crippen LogP contribution < -0.4 is 0 Å². The van der Waals surface area contributed by atoms with Gasteiger partial charge in [0.1, 0.15) is 6.10 Å². The van der Waals surface area contributed by atoms with E-state index in [4.69, 9.17) is 51.3 Å². The normalized spacial score (nSPS) is 28.5. The molecule has 12 rings (SSSR count). The lowest BCUT2D eigenvalue weighted by atomic mass is 9.79. The summed E-state index contributed by atoms with van der Waals surface area (Å²) in [6.45, 7) is 30.8. The van der Waals surface area contributed by atoms with Crippen LogP contribution in [0.4, 0.5) is 92.2 Å². The van der Waals surface area contributed by atoms with Crippen LogP contribution in [-0.4, -0.2) is 191 Å². The van der Waals surface area contributed by atoms with Crippen LogP contribution in [0.5, 0.6) is 0 Å². The number of alkyl halides is 21. The van der Waals surface area contributed by atoms with Gasteiger partial charge in [0.25, 0.3) is 11.2 Å². The first-order valence-electron chi connectivity index (χ1n) is 43.4. The highest BCUT2D eigenvalue weighted by molar-refractivity contribution is 6.70. The molecule has 12 fully saturated rings. The van der Waals surface area contributed by atoms with Crippen LogP contribution in [0.1, 0.15) is 287 Å². The Labute approximate surface area is 782 Å². The van der Waals surface area contributed by atoms with Crippen molar-refractivity contribution in [3.8, 4) is 0 Å². The second kappa shape index (κ2) is 60.4. The quantitative estimate of drug-likeness (QED) is 0.0837. The van der Waals surface area contributed by atoms with Gasteiger partial charge in [-0.2, -0.15) is 92.2 Å². The molecule has 2 saturated heterocycles. The van der Waals surface area contributed by atoms with Gasteiger partial charge in [-0.1, -0.05) is 106 Å². The van der Waals surface area contributed by atoms with Crippen molar-refractivity contribution in [2.45, 2.75) is 457 Å². The minimum atomic E-state index is -5.67. The highest BCUT2D eigenvalue weighted by Crippen LogP contribution is 2.60. The van der Waals surface area contributed by atoms with E-state index in [9.17, 15) is 97.3 Å². The first-order chi connectivity index (χ1) is 54.5. The number of halogens is 21. The third kappa shape index (κ3) is 47.1. The Hall–Kier alpha value is -0.866. The van der Waals surface area contributed by atoms with Crippen molar-refractivity contribution in [2.75, 3.05) is 48.8 Å². The Kier molecular flexibility index (Phi) is 67.2. The second-order valence-electron chi connectivity index (χ2n) is 39.8. The molecule has 10 saturated carbocycles. The van der Waals surface area contributed by atoms with Crippen molar-refractivity contribution in [3.05, 3.63) is 0 Å². The van der Waals surface area contributed by atoms with Crippen LogP contribution in [-0.2, 0) is 41.1 Å². The van der Waals surface area contributed by atoms with Crippen LogP contribution in [0.2, 0.25) is 85.1 Å². The van der Waals surface area contributed by atoms with E-state index in [1.165, 1.54) is 26.2 Å². The zero-order valence-corrected chi connectivity index (χ0v) is 80.1. The van der Waals surface area contributed by atoms with Crippen molar-refractivity contribution in [3.63, 3.8) is 0 Å². The summed E-state index contributed by atoms with van der Waals surface area (Å²) in [5.41, 5.74) is -13.3. The zero-order chi connectivity index (χ0) is 92.2. The van der Waals surface area contributed by atoms with E-state index < -0.39 is 152 Å². The largest absolute Gasteiger partial charge is 0.426 e. The second-order valence-corrected chi connectivity index (χ2v) is 58.8. The molecule has 796 valence electrons. The SMILES string of the molecule is C.C.C.C.C.C.C.C.C.C.CC(CC1CC2CCC1C2)(OC1CCCCO1)C(F)(F)F.CC(O)(CC1CC2CCC1C2)C(F)(F)F.CO[SiH](C)C.CO[SiH](C)C.CO[Si](C)(C)C.CO[Si](C)(C)C.CO[Si](C)(C)C.FC(F)(F)C(CC1CC2CCC1C2)(OC1CCCCO1)C(F)(F)F.OC(CC1CC2CCC1C2)(C(F)(F)F)C(F)(F)F.OC(CC1CC2CCC1C2)C(F)(F)F. The van der Waals surface area contributed by atoms with Crippen LogP contribution in [0.3, 0.4) is 0 Å². The molecule has 2 heterocycles. The van der Waals surface area contributed by atoms with Gasteiger partial charge in [-0.3, -0.25) is 0 Å². The molecule has 130 heavy (non-hydrogen) atoms. The van der Waals surface area contributed by atoms with Gasteiger partial charge in [0.05, 0.1) is 0 Å². The summed E-state index contributed by atoms with van der Waals surface area (Å²) < 4.78 is 317. The van der Waals surface area contributed by atoms with Crippen LogP contribution >= 0.6 is 0 Å². The van der Waals surface area contributed by atoms with Gasteiger partial charge in [-0.15, -0.1) is 0 Å². The predicted molar refractivity (Wildman–Crippen MR) is 502 cm³/mol. The molecular formula is C92H189F21O12Si5. The highest BCUT2D eigenvalue weighted by Gasteiger charge is 2.75. The van der Waals surface area contributed by atoms with Gasteiger partial charge in [-0.05, 0) is 355 Å². The lowest BCUT2D eigenvalue weighted by Gasteiger charge is -2.42. The van der Waals surface area contributed by atoms with Crippen molar-refractivity contribution in [1.82, 2.24) is 0 Å². The van der Waals surface area contributed by atoms with Crippen molar-refractivity contribution in [2.24, 2.45) is 88.8 Å². The minimum absolute atomic E-state index is 0. The molecule has 0 amide bonds. The molecule has 12 aliphatic rings. The maximum absolute atomic E-state index is 13.6. The molecule has 0 spiro atoms. The molecule has 20 atom stereocenters. The number of fused-ring (bicyclic) bond motifs is 10. The molecule has 2 aliphatic heterocycles. The maximum atomic E-state index is 13.6. The number of ether oxygens (including phenoxy) is 4. The lowest BCUT2D eigenvalue weighted by Crippen LogP contribution is -2.61. The highest BCUT2D eigenvalue weighted by atomic mass is 28.4. The Morgan fingerprint density at radius 1 is 0.331 bits per heavy atom. The van der Waals surface area contributed by atoms with E-state index >= 15 is 0 Å². The van der Waals surface area contributed by atoms with E-state index in [1.807, 2.05) is 0 Å². The molecule has 0 radical (unpaired) electrons. The van der Waals surface area contributed by atoms with Gasteiger partial charge in [0.15, 0.2) is 66.8 Å². The lowest BCUT2D eigenvalue weighted by molar-refractivity contribution is -0.416. The molecule has 3 N–H and O–H groups in total. The fourth-order valence-electron chi connectivity index (χ4n) is 18.8. The smallest absolute Gasteiger partial charge is 0.424 e. The molecular weight excluding hydrogens is 1840 g/mol. The molecule has 0 aromatic heterocycles. The Balaban J connectivity index is -0.000000219. The fourth-order valence-corrected chi connectivity index (χ4v) is 18.8. The Bertz CT molecular complexity index is 2780. The predicted octanol–water partition coefficient (Wildman–Crippen LogP) is 31.4. The number of aliphatic hydroxyl groups excluding tert-OH is 1. The van der Waals surface area contributed by atoms with E-state index in [0.29, 0.717) is 87.1 Å². The van der Waals surface area contributed by atoms with Crippen LogP contribution in [0.25, 0.3) is 0 Å². The van der Waals surface area contributed by atoms with Crippen molar-refractivity contribution < 1.29 is 149 Å². The average molecular weight is 2030 g/mol. The zero-order valence-electron chi connectivity index (χ0n) is 74.8. The summed E-state index contributed by atoms with van der Waals surface area (Å²) in [5, 5.41) is 27.5. The van der Waals surface area contributed by atoms with Gasteiger partial charge in [-0.25, -0.2) is 0 Å². The topological polar surface area (TPSA) is 144 Å². The summed E-state index contributed by atoms with van der Waals surface area (Å²) in [5.74, 6) is 2.78. The van der Waals surface area contributed by atoms with E-state index in [1.54, 1.807) is 35.5 Å². The molecule has 20 unspecified atom stereocenters. The Morgan fingerprint density at radius 2 is 0.585 bits per heavy atom. The van der Waals surface area contributed by atoms with E-state index in [2.05, 4.69) is 85.1 Å². The van der Waals surface area contributed by atoms with Gasteiger partial charge >= 0.3 is 43.2 Å². The standard InChI is InChI=1S/C16H22F6O2.C16H25F3O2.C11H14F6O.C11H17F3O.C10H15F3O.3C4H12OSi.2C3H10OSi.10CH4/c17-15(18,19)14(16(20,21)22,24-13-3-1-2-6-23-13)9-12-8-10-4-5-11(12)7-10;1-15(16(17,18)19,21-14-4-2-3-7-20-14)10-13-9-11-5-6-12(13)8-11;12-10(13,14)9(18,11(15,16)17)5-8-4-6-1-2-7(8)3-6;1-10(15,11(12,13)14)6-9-5-7-2-3-8(9)4-7;11-10(12,13)9(14)5-8-4-6-1-2-7(8)3-6;3*1-5-6(2,3)4;2*1-4-5(2)3;;;;;;;;;;/h10-13H,1-9H2;11-14H,2-10H2,1H3;6-8,18H,1-5H2;7-9,15H,2-6H2,1H3;6-9,14H,1-5H2;3*1-4H3;2*5H,1-3H3;10*1H4. The molecule has 12 nitrogen and oxygen atoms in total. The van der Waals surface area contributed by atoms with Gasteiger partial charge in [0.2, 0.25) is 0 Å². The van der Waals surface area contributed by atoms with Crippen LogP contribution in [0, 0.1) is 88.8 Å². The van der Waals surface area contributed by atoms with E-state index in [-0.39, 0.29) is 148 Å². The molecule has 0 aromatic rings. The molecule has 38 heteroatoms. The monoisotopic (exact) mass is 2030 g/mol. The minimum Gasteiger partial charge on any atom is -0.424 e. The molecule has 10 aliphatic carbocycles. The summed E-state index contributed by atoms with van der Waals surface area (Å²) in [4.78, 5) is 0. The summed E-state index contributed by atoms with van der Waals surface area (Å²) >= 11 is 0. The third-order valence-corrected chi connectivity index (χ3v) is 32.1. The molecule has 0 aromatic carbocycles. The number of hydrogen-bond donors (Lipinski definition) is 3. The number of hydrogen-bond acceptors (Lipinski definition) is 12. The number of aliphatic hydroxyl groups is 3.